The number of nitrogens with zero attached hydrogens (tertiary/aromatic N) is 6. The maximum atomic E-state index is 6.10. The number of benzene rings is 1. The zero-order valence-corrected chi connectivity index (χ0v) is 19.5. The van der Waals surface area contributed by atoms with Gasteiger partial charge in [0.05, 0.1) is 17.5 Å². The topological polar surface area (TPSA) is 81.0 Å². The van der Waals surface area contributed by atoms with Gasteiger partial charge < -0.3 is 15.0 Å². The molecule has 1 N–H and O–H groups in total. The summed E-state index contributed by atoms with van der Waals surface area (Å²) in [6.45, 7) is 7.64. The summed E-state index contributed by atoms with van der Waals surface area (Å²) in [6, 6.07) is 10.7. The zero-order chi connectivity index (χ0) is 22.5. The summed E-state index contributed by atoms with van der Waals surface area (Å²) in [5.41, 5.74) is 3.61. The number of anilines is 2. The van der Waals surface area contributed by atoms with Crippen LogP contribution in [0.5, 0.6) is 0 Å². The molecule has 3 aliphatic rings. The first-order valence-corrected chi connectivity index (χ1v) is 12.1. The van der Waals surface area contributed by atoms with Gasteiger partial charge >= 0.3 is 0 Å². The summed E-state index contributed by atoms with van der Waals surface area (Å²) in [5, 5.41) is 8.33. The lowest BCUT2D eigenvalue weighted by molar-refractivity contribution is 0.0202. The van der Waals surface area contributed by atoms with Crippen molar-refractivity contribution in [1.29, 1.82) is 0 Å². The molecule has 1 saturated heterocycles. The van der Waals surface area contributed by atoms with Gasteiger partial charge in [0.2, 0.25) is 0 Å². The molecular formula is C25H31N7O. The van der Waals surface area contributed by atoms with Crippen LogP contribution < -0.4 is 10.2 Å². The Labute approximate surface area is 194 Å². The minimum absolute atomic E-state index is 0.256. The number of para-hydroxylation sites is 2. The van der Waals surface area contributed by atoms with Crippen LogP contribution in [-0.2, 0) is 4.74 Å². The summed E-state index contributed by atoms with van der Waals surface area (Å²) in [6.07, 6.45) is 5.25. The fourth-order valence-corrected chi connectivity index (χ4v) is 5.47. The van der Waals surface area contributed by atoms with Crippen molar-refractivity contribution < 1.29 is 4.74 Å². The van der Waals surface area contributed by atoms with Crippen LogP contribution in [0.2, 0.25) is 0 Å². The number of aromatic nitrogens is 5. The largest absolute Gasteiger partial charge is 0.376 e. The molecule has 172 valence electrons. The predicted octanol–water partition coefficient (Wildman–Crippen LogP) is 3.91. The molecule has 8 heteroatoms. The quantitative estimate of drug-likeness (QED) is 0.638. The van der Waals surface area contributed by atoms with Crippen molar-refractivity contribution in [2.75, 3.05) is 23.4 Å². The van der Waals surface area contributed by atoms with Crippen molar-refractivity contribution in [2.45, 2.75) is 64.6 Å². The maximum absolute atomic E-state index is 6.10. The lowest BCUT2D eigenvalue weighted by atomic mass is 10.1. The van der Waals surface area contributed by atoms with E-state index in [1.807, 2.05) is 25.5 Å². The van der Waals surface area contributed by atoms with Crippen LogP contribution in [-0.4, -0.2) is 50.2 Å². The van der Waals surface area contributed by atoms with Gasteiger partial charge in [-0.25, -0.2) is 15.0 Å². The highest BCUT2D eigenvalue weighted by Crippen LogP contribution is 2.53. The number of ether oxygens (including phenoxy) is 1. The van der Waals surface area contributed by atoms with Crippen LogP contribution in [0, 0.1) is 26.7 Å². The molecule has 0 amide bonds. The SMILES string of the molecule is Cc1nc([C@@H]2C[C@H]2C2Nc3ccccc3N2CC2CCCCO2)cc(-n2nc(C)nc2C)n1. The van der Waals surface area contributed by atoms with E-state index in [-0.39, 0.29) is 6.17 Å². The van der Waals surface area contributed by atoms with E-state index < -0.39 is 0 Å². The molecule has 2 aliphatic heterocycles. The Morgan fingerprint density at radius 1 is 1.06 bits per heavy atom. The molecule has 3 aromatic rings. The molecular weight excluding hydrogens is 414 g/mol. The van der Waals surface area contributed by atoms with E-state index in [4.69, 9.17) is 9.72 Å². The van der Waals surface area contributed by atoms with E-state index in [2.05, 4.69) is 55.6 Å². The number of rotatable bonds is 5. The van der Waals surface area contributed by atoms with Gasteiger partial charge in [-0.2, -0.15) is 4.68 Å². The highest BCUT2D eigenvalue weighted by molar-refractivity contribution is 5.76. The number of hydrogen-bond acceptors (Lipinski definition) is 7. The van der Waals surface area contributed by atoms with Gasteiger partial charge in [0.1, 0.15) is 23.6 Å². The van der Waals surface area contributed by atoms with Crippen molar-refractivity contribution in [1.82, 2.24) is 24.7 Å². The third-order valence-corrected chi connectivity index (χ3v) is 7.09. The van der Waals surface area contributed by atoms with Gasteiger partial charge in [0.25, 0.3) is 0 Å². The summed E-state index contributed by atoms with van der Waals surface area (Å²) < 4.78 is 7.92. The maximum Gasteiger partial charge on any atom is 0.159 e. The number of nitrogens with one attached hydrogen (secondary N) is 1. The first kappa shape index (κ1) is 20.6. The van der Waals surface area contributed by atoms with Crippen LogP contribution in [0.3, 0.4) is 0 Å². The lowest BCUT2D eigenvalue weighted by Gasteiger charge is -2.33. The van der Waals surface area contributed by atoms with Crippen molar-refractivity contribution >= 4 is 11.4 Å². The normalized spacial score (nSPS) is 26.2. The highest BCUT2D eigenvalue weighted by Gasteiger charge is 2.50. The Kier molecular flexibility index (Phi) is 5.05. The van der Waals surface area contributed by atoms with Gasteiger partial charge in [-0.1, -0.05) is 12.1 Å². The molecule has 33 heavy (non-hydrogen) atoms. The minimum Gasteiger partial charge on any atom is -0.376 e. The third kappa shape index (κ3) is 3.86. The Hall–Kier alpha value is -3.00. The number of fused-ring (bicyclic) bond motifs is 1. The van der Waals surface area contributed by atoms with E-state index >= 15 is 0 Å². The second kappa shape index (κ2) is 8.09. The van der Waals surface area contributed by atoms with Crippen molar-refractivity contribution in [3.05, 3.63) is 53.5 Å². The second-order valence-electron chi connectivity index (χ2n) is 9.57. The average Bonchev–Trinajstić information content (AvgIpc) is 3.43. The molecule has 1 saturated carbocycles. The zero-order valence-electron chi connectivity index (χ0n) is 19.5. The fraction of sp³-hybridized carbons (Fsp3) is 0.520. The molecule has 8 nitrogen and oxygen atoms in total. The minimum atomic E-state index is 0.256. The molecule has 6 rings (SSSR count). The molecule has 4 atom stereocenters. The van der Waals surface area contributed by atoms with Gasteiger partial charge in [-0.15, -0.1) is 5.10 Å². The molecule has 1 aliphatic carbocycles. The van der Waals surface area contributed by atoms with Crippen LogP contribution in [0.1, 0.15) is 54.8 Å². The number of hydrogen-bond donors (Lipinski definition) is 1. The van der Waals surface area contributed by atoms with E-state index in [0.29, 0.717) is 17.9 Å². The fourth-order valence-electron chi connectivity index (χ4n) is 5.47. The summed E-state index contributed by atoms with van der Waals surface area (Å²) in [4.78, 5) is 16.4. The Balaban J connectivity index is 1.26. The Morgan fingerprint density at radius 3 is 2.73 bits per heavy atom. The van der Waals surface area contributed by atoms with Crippen LogP contribution in [0.15, 0.2) is 30.3 Å². The molecule has 0 radical (unpaired) electrons. The molecule has 2 aromatic heterocycles. The molecule has 0 bridgehead atoms. The van der Waals surface area contributed by atoms with E-state index in [1.165, 1.54) is 24.2 Å². The molecule has 2 fully saturated rings. The van der Waals surface area contributed by atoms with Crippen molar-refractivity contribution in [3.63, 3.8) is 0 Å². The Morgan fingerprint density at radius 2 is 1.94 bits per heavy atom. The van der Waals surface area contributed by atoms with Gasteiger partial charge in [-0.3, -0.25) is 0 Å². The van der Waals surface area contributed by atoms with Gasteiger partial charge in [0.15, 0.2) is 5.82 Å². The average molecular weight is 446 g/mol. The first-order chi connectivity index (χ1) is 16.1. The summed E-state index contributed by atoms with van der Waals surface area (Å²) in [5.74, 6) is 4.06. The summed E-state index contributed by atoms with van der Waals surface area (Å²) in [7, 11) is 0. The predicted molar refractivity (Wildman–Crippen MR) is 127 cm³/mol. The molecule has 1 aromatic carbocycles. The lowest BCUT2D eigenvalue weighted by Crippen LogP contribution is -2.44. The van der Waals surface area contributed by atoms with E-state index in [0.717, 1.165) is 55.0 Å². The van der Waals surface area contributed by atoms with Gasteiger partial charge in [-0.05, 0) is 58.6 Å². The first-order valence-electron chi connectivity index (χ1n) is 12.1. The standard InChI is InChI=1S/C25H31N7O/c1-15-27-22(13-24(28-15)32-17(3)26-16(2)30-32)19-12-20(19)25-29-21-9-4-5-10-23(21)31(25)14-18-8-6-7-11-33-18/h4-5,9-10,13,18-20,25,29H,6-8,11-12,14H2,1-3H3/t18?,19-,20-,25?/m1/s1. The molecule has 4 heterocycles. The molecule has 0 spiro atoms. The van der Waals surface area contributed by atoms with Gasteiger partial charge in [0, 0.05) is 36.7 Å². The smallest absolute Gasteiger partial charge is 0.159 e. The van der Waals surface area contributed by atoms with Crippen LogP contribution >= 0.6 is 0 Å². The summed E-state index contributed by atoms with van der Waals surface area (Å²) >= 11 is 0. The van der Waals surface area contributed by atoms with E-state index in [1.54, 1.807) is 0 Å². The number of aryl methyl sites for hydroxylation is 3. The van der Waals surface area contributed by atoms with Crippen molar-refractivity contribution in [2.24, 2.45) is 5.92 Å². The van der Waals surface area contributed by atoms with Crippen LogP contribution in [0.25, 0.3) is 5.82 Å². The van der Waals surface area contributed by atoms with Crippen molar-refractivity contribution in [3.8, 4) is 5.82 Å². The Bertz CT molecular complexity index is 1170. The third-order valence-electron chi connectivity index (χ3n) is 7.09. The molecule has 2 unspecified atom stereocenters. The second-order valence-corrected chi connectivity index (χ2v) is 9.57. The highest BCUT2D eigenvalue weighted by atomic mass is 16.5. The monoisotopic (exact) mass is 445 g/mol. The van der Waals surface area contributed by atoms with E-state index in [9.17, 15) is 0 Å². The van der Waals surface area contributed by atoms with Crippen LogP contribution in [0.4, 0.5) is 11.4 Å².